The molecule has 0 aliphatic carbocycles. The number of nitrogens with one attached hydrogen (secondary N) is 4. The van der Waals surface area contributed by atoms with Crippen molar-refractivity contribution < 1.29 is 63.3 Å². The fourth-order valence-corrected chi connectivity index (χ4v) is 10.6. The molecular formula is C63H111N11O12. The normalized spacial score (nSPS) is 27.4. The average molecular weight is 1220 g/mol. The highest BCUT2D eigenvalue weighted by molar-refractivity contribution is 5.99. The first-order chi connectivity index (χ1) is 41.4. The molecule has 0 aromatic rings. The minimum absolute atomic E-state index is 0.0668. The number of allylic oxidation sites excluding steroid dienone is 3. The van der Waals surface area contributed by atoms with Crippen LogP contribution in [0.5, 0.6) is 0 Å². The lowest BCUT2D eigenvalue weighted by molar-refractivity contribution is -0.157. The van der Waals surface area contributed by atoms with Crippen LogP contribution in [0.3, 0.4) is 0 Å². The van der Waals surface area contributed by atoms with Gasteiger partial charge in [0.25, 0.3) is 0 Å². The predicted octanol–water partition coefficient (Wildman–Crippen LogP) is 3.44. The highest BCUT2D eigenvalue weighted by Crippen LogP contribution is 2.26. The third-order valence-electron chi connectivity index (χ3n) is 16.0. The summed E-state index contributed by atoms with van der Waals surface area (Å²) < 4.78 is 31.3. The Balaban J connectivity index is 4.41. The lowest BCUT2D eigenvalue weighted by atomic mass is 9.91. The van der Waals surface area contributed by atoms with Crippen LogP contribution >= 0.6 is 0 Å². The molecule has 11 amide bonds. The third kappa shape index (κ3) is 21.8. The maximum Gasteiger partial charge on any atom is 0.246 e. The minimum Gasteiger partial charge on any atom is -0.390 e. The van der Waals surface area contributed by atoms with Gasteiger partial charge in [-0.25, -0.2) is 0 Å². The van der Waals surface area contributed by atoms with Crippen molar-refractivity contribution >= 4 is 65.0 Å². The second-order valence-electron chi connectivity index (χ2n) is 26.0. The van der Waals surface area contributed by atoms with Crippen LogP contribution < -0.4 is 21.3 Å². The topological polar surface area (TPSA) is 279 Å². The Morgan fingerprint density at radius 1 is 0.512 bits per heavy atom. The number of hydrogen-bond donors (Lipinski definition) is 5. The molecule has 1 rings (SSSR count). The molecule has 1 aliphatic rings. The molecule has 23 heteroatoms. The van der Waals surface area contributed by atoms with Gasteiger partial charge in [0.1, 0.15) is 60.4 Å². The van der Waals surface area contributed by atoms with Crippen LogP contribution in [0.4, 0.5) is 0 Å². The Morgan fingerprint density at radius 2 is 0.942 bits per heavy atom. The molecule has 0 aromatic heterocycles. The van der Waals surface area contributed by atoms with Gasteiger partial charge in [-0.2, -0.15) is 0 Å². The van der Waals surface area contributed by atoms with Crippen molar-refractivity contribution in [2.45, 2.75) is 216 Å². The summed E-state index contributed by atoms with van der Waals surface area (Å²) in [5.74, 6) is -11.0. The molecule has 86 heavy (non-hydrogen) atoms. The number of carbonyl (C=O) groups is 11. The van der Waals surface area contributed by atoms with E-state index in [4.69, 9.17) is 5.48 Å². The summed E-state index contributed by atoms with van der Waals surface area (Å²) in [6.45, 7) is 25.8. The van der Waals surface area contributed by atoms with Crippen molar-refractivity contribution in [2.24, 2.45) is 41.4 Å². The monoisotopic (exact) mass is 1220 g/mol. The average Bonchev–Trinajstić information content (AvgIpc) is 1.04. The zero-order chi connectivity index (χ0) is 70.0. The summed E-state index contributed by atoms with van der Waals surface area (Å²) in [5.41, 5.74) is 0. The quantitative estimate of drug-likeness (QED) is 0.139. The smallest absolute Gasteiger partial charge is 0.246 e. The van der Waals surface area contributed by atoms with E-state index in [1.165, 1.54) is 101 Å². The van der Waals surface area contributed by atoms with E-state index in [2.05, 4.69) is 21.3 Å². The molecule has 1 fully saturated rings. The Kier molecular flexibility index (Phi) is 29.0. The molecule has 0 saturated carbocycles. The van der Waals surface area contributed by atoms with Crippen molar-refractivity contribution in [2.75, 3.05) is 55.9 Å². The highest BCUT2D eigenvalue weighted by atomic mass is 16.3. The lowest BCUT2D eigenvalue weighted by Gasteiger charge is -2.41. The molecule has 0 radical (unpaired) electrons. The molecule has 0 bridgehead atoms. The molecule has 490 valence electrons. The number of hydrogen-bond acceptors (Lipinski definition) is 12. The number of carbonyl (C=O) groups excluding carboxylic acids is 11. The molecular weight excluding hydrogens is 1100 g/mol. The van der Waals surface area contributed by atoms with Crippen LogP contribution in [0, 0.1) is 41.4 Å². The van der Waals surface area contributed by atoms with Gasteiger partial charge in [-0.1, -0.05) is 122 Å². The van der Waals surface area contributed by atoms with E-state index < -0.39 is 174 Å². The van der Waals surface area contributed by atoms with Crippen molar-refractivity contribution in [3.8, 4) is 0 Å². The maximum atomic E-state index is 15.2. The van der Waals surface area contributed by atoms with E-state index in [0.29, 0.717) is 0 Å². The minimum atomic E-state index is -1.82. The Hall–Kier alpha value is -6.39. The van der Waals surface area contributed by atoms with E-state index in [0.717, 1.165) is 9.80 Å². The van der Waals surface area contributed by atoms with Gasteiger partial charge >= 0.3 is 0 Å². The van der Waals surface area contributed by atoms with Gasteiger partial charge in [0.05, 0.1) is 18.1 Å². The van der Waals surface area contributed by atoms with Crippen LogP contribution in [0.2, 0.25) is 0 Å². The van der Waals surface area contributed by atoms with Crippen molar-refractivity contribution in [1.82, 2.24) is 55.6 Å². The standard InChI is InChI=1S/C63H111N11O12/c1-25-27-28-29-41(15)53(76)52-57(80)66-44(26-2)59(82)68(18)34-49(75)69(19)45(30-35(3)4)56(79)67-50(39(11)12)62(85)70(20)46(31-36(5)6)55(78)64-42(16)54(77)65-43(17)58(81)71(21)47(32-37(7)8)60(83)72(22)48(33-38(9)10)61(84)73(23)51(40(13)14)63(86)74(52)24/h25,27-28,35-48,50-53,76H,1,26,29-34H2,2-24H3,(H,64,78)(H,65,77)(H,66,80)(H,67,79)/b28-27+/t41-,42+,43-,44+,45+,46+,47+,48+,50+,51+,52+,53-/m1/s1/i1D2,25D,27D. The van der Waals surface area contributed by atoms with Gasteiger partial charge in [-0.15, -0.1) is 0 Å². The van der Waals surface area contributed by atoms with E-state index in [9.17, 15) is 43.5 Å². The molecule has 12 atom stereocenters. The first-order valence-electron chi connectivity index (χ1n) is 32.4. The molecule has 0 unspecified atom stereocenters. The van der Waals surface area contributed by atoms with Gasteiger partial charge in [0.2, 0.25) is 65.0 Å². The van der Waals surface area contributed by atoms with Gasteiger partial charge in [-0.05, 0) is 93.8 Å². The van der Waals surface area contributed by atoms with E-state index in [1.54, 1.807) is 34.6 Å². The number of likely N-dealkylation sites (N-methyl/N-ethyl adjacent to an activating group) is 7. The Labute approximate surface area is 520 Å². The molecule has 23 nitrogen and oxygen atoms in total. The number of aliphatic hydroxyl groups excluding tert-OH is 1. The molecule has 0 spiro atoms. The first-order valence-corrected chi connectivity index (χ1v) is 30.4. The summed E-state index contributed by atoms with van der Waals surface area (Å²) in [6.07, 6.45) is -0.390. The number of aliphatic hydroxyl groups is 1. The maximum absolute atomic E-state index is 15.2. The zero-order valence-corrected chi connectivity index (χ0v) is 56.0. The summed E-state index contributed by atoms with van der Waals surface area (Å²) in [4.78, 5) is 169. The van der Waals surface area contributed by atoms with E-state index >= 15 is 14.4 Å². The molecule has 1 aliphatic heterocycles. The summed E-state index contributed by atoms with van der Waals surface area (Å²) >= 11 is 0. The van der Waals surface area contributed by atoms with Crippen molar-refractivity contribution in [3.63, 3.8) is 0 Å². The highest BCUT2D eigenvalue weighted by Gasteiger charge is 2.45. The molecule has 1 saturated heterocycles. The largest absolute Gasteiger partial charge is 0.390 e. The van der Waals surface area contributed by atoms with E-state index in [-0.39, 0.29) is 62.2 Å². The van der Waals surface area contributed by atoms with Crippen LogP contribution in [-0.2, 0) is 52.7 Å². The second-order valence-corrected chi connectivity index (χ2v) is 26.0. The van der Waals surface area contributed by atoms with Crippen LogP contribution in [0.15, 0.2) is 24.7 Å². The third-order valence-corrected chi connectivity index (χ3v) is 16.0. The van der Waals surface area contributed by atoms with Crippen LogP contribution in [-0.4, -0.2) is 227 Å². The van der Waals surface area contributed by atoms with Gasteiger partial charge < -0.3 is 60.7 Å². The van der Waals surface area contributed by atoms with Crippen LogP contribution in [0.25, 0.3) is 0 Å². The SMILES string of the molecule is [2H]C([2H])=C([2H])/C([2H])=C/C[C@@H](C)[C@@H](O)[C@H]1C(=O)N[C@@H](CC)C(=O)N(C)CC(=O)N(C)[C@@H](CC(C)C)C(=O)N[C@@H](C(C)C)C(=O)N(C)[C@@H](CC(C)C)C(=O)N[C@@H](C)C(=O)N[C@H](C)C(=O)N(C)[C@@H](CC(C)C)C(=O)N(C)[C@@H](CC(C)C)C(=O)N(C)[C@@H](C(C)C)C(=O)N1C. The number of amides is 11. The fraction of sp³-hybridized carbons (Fsp3) is 0.762. The number of nitrogens with zero attached hydrogens (tertiary/aromatic N) is 7. The molecule has 0 aromatic carbocycles. The van der Waals surface area contributed by atoms with E-state index in [1.807, 2.05) is 55.4 Å². The Morgan fingerprint density at radius 3 is 1.41 bits per heavy atom. The van der Waals surface area contributed by atoms with Crippen LogP contribution in [0.1, 0.15) is 155 Å². The van der Waals surface area contributed by atoms with Gasteiger partial charge in [-0.3, -0.25) is 52.7 Å². The van der Waals surface area contributed by atoms with Gasteiger partial charge in [0, 0.05) is 49.3 Å². The predicted molar refractivity (Wildman–Crippen MR) is 333 cm³/mol. The summed E-state index contributed by atoms with van der Waals surface area (Å²) in [7, 11) is 9.57. The summed E-state index contributed by atoms with van der Waals surface area (Å²) in [6, 6.07) is -14.3. The zero-order valence-electron chi connectivity index (χ0n) is 60.0. The summed E-state index contributed by atoms with van der Waals surface area (Å²) in [5, 5.41) is 23.1. The molecule has 1 heterocycles. The molecule has 5 N–H and O–H groups in total. The number of rotatable bonds is 16. The lowest BCUT2D eigenvalue weighted by Crippen LogP contribution is -2.63. The van der Waals surface area contributed by atoms with Crippen molar-refractivity contribution in [3.05, 3.63) is 24.7 Å². The van der Waals surface area contributed by atoms with Crippen molar-refractivity contribution in [1.29, 1.82) is 0 Å². The van der Waals surface area contributed by atoms with Gasteiger partial charge in [0.15, 0.2) is 0 Å². The first kappa shape index (κ1) is 70.4. The Bertz CT molecular complexity index is 2580. The fourth-order valence-electron chi connectivity index (χ4n) is 10.6. The second kappa shape index (κ2) is 35.4.